The highest BCUT2D eigenvalue weighted by Crippen LogP contribution is 2.09. The van der Waals surface area contributed by atoms with Crippen LogP contribution >= 0.6 is 0 Å². The summed E-state index contributed by atoms with van der Waals surface area (Å²) in [6, 6.07) is 19.2. The highest BCUT2D eigenvalue weighted by molar-refractivity contribution is 5.41. The highest BCUT2D eigenvalue weighted by atomic mass is 15.6. The third-order valence-corrected chi connectivity index (χ3v) is 2.28. The summed E-state index contributed by atoms with van der Waals surface area (Å²) in [5.41, 5.74) is 7.31. The van der Waals surface area contributed by atoms with E-state index in [2.05, 4.69) is 36.5 Å². The van der Waals surface area contributed by atoms with Crippen LogP contribution in [0.2, 0.25) is 0 Å². The topological polar surface area (TPSA) is 90.4 Å². The van der Waals surface area contributed by atoms with Crippen molar-refractivity contribution in [2.45, 2.75) is 0 Å². The van der Waals surface area contributed by atoms with Crippen LogP contribution in [0.3, 0.4) is 0 Å². The molecule has 21 heavy (non-hydrogen) atoms. The number of hydrogen-bond acceptors (Lipinski definition) is 5. The van der Waals surface area contributed by atoms with Crippen LogP contribution in [-0.2, 0) is 0 Å². The molecule has 1 aromatic heterocycles. The molecular weight excluding hydrogens is 266 g/mol. The smallest absolute Gasteiger partial charge is 0.137 e. The molecule has 0 radical (unpaired) electrons. The summed E-state index contributed by atoms with van der Waals surface area (Å²) < 4.78 is 0. The summed E-state index contributed by atoms with van der Waals surface area (Å²) in [4.78, 5) is 3.56. The van der Waals surface area contributed by atoms with Crippen LogP contribution in [0.1, 0.15) is 0 Å². The first-order valence-electron chi connectivity index (χ1n) is 6.26. The Balaban J connectivity index is 0.000000272. The van der Waals surface area contributed by atoms with Crippen molar-refractivity contribution >= 4 is 11.4 Å². The number of nitrogens with one attached hydrogen (secondary N) is 3. The Hall–Kier alpha value is -3.22. The molecule has 3 N–H and O–H groups in total. The molecule has 0 aliphatic carbocycles. The van der Waals surface area contributed by atoms with E-state index >= 15 is 0 Å². The molecule has 0 aliphatic rings. The maximum absolute atomic E-state index is 3.97. The van der Waals surface area contributed by atoms with Crippen LogP contribution in [0.5, 0.6) is 0 Å². The summed E-state index contributed by atoms with van der Waals surface area (Å²) in [7, 11) is 0. The minimum absolute atomic E-state index is 0.810. The van der Waals surface area contributed by atoms with Gasteiger partial charge in [0.25, 0.3) is 0 Å². The molecule has 0 aliphatic heterocycles. The summed E-state index contributed by atoms with van der Waals surface area (Å²) >= 11 is 0. The Kier molecular flexibility index (Phi) is 5.95. The van der Waals surface area contributed by atoms with Gasteiger partial charge in [-0.05, 0) is 24.3 Å². The molecule has 0 saturated carbocycles. The van der Waals surface area contributed by atoms with Gasteiger partial charge in [-0.3, -0.25) is 10.5 Å². The molecule has 0 amide bonds. The Labute approximate surface area is 122 Å². The predicted octanol–water partition coefficient (Wildman–Crippen LogP) is 3.11. The van der Waals surface area contributed by atoms with Crippen LogP contribution in [0.4, 0.5) is 11.4 Å². The molecule has 0 saturated heterocycles. The number of aromatic amines is 1. The van der Waals surface area contributed by atoms with Crippen LogP contribution < -0.4 is 11.0 Å². The van der Waals surface area contributed by atoms with Crippen LogP contribution in [0.25, 0.3) is 0 Å². The average molecular weight is 281 g/mol. The van der Waals surface area contributed by atoms with E-state index in [9.17, 15) is 0 Å². The molecule has 0 spiro atoms. The van der Waals surface area contributed by atoms with Crippen LogP contribution in [0.15, 0.2) is 83.7 Å². The molecule has 1 heterocycles. The van der Waals surface area contributed by atoms with Crippen LogP contribution in [-0.4, -0.2) is 15.2 Å². The third kappa shape index (κ3) is 5.97. The van der Waals surface area contributed by atoms with Crippen molar-refractivity contribution in [3.63, 3.8) is 0 Å². The first-order chi connectivity index (χ1) is 10.4. The van der Waals surface area contributed by atoms with Gasteiger partial charge in [0.05, 0.1) is 11.4 Å². The number of H-pyrrole nitrogens is 1. The van der Waals surface area contributed by atoms with Gasteiger partial charge in [-0.1, -0.05) is 41.6 Å². The van der Waals surface area contributed by atoms with Gasteiger partial charge < -0.3 is 0 Å². The fraction of sp³-hybridized carbons (Fsp3) is 0. The van der Waals surface area contributed by atoms with Gasteiger partial charge in [0.1, 0.15) is 12.7 Å². The first kappa shape index (κ1) is 14.2. The van der Waals surface area contributed by atoms with E-state index in [4.69, 9.17) is 0 Å². The molecule has 106 valence electrons. The summed E-state index contributed by atoms with van der Waals surface area (Å²) in [5, 5.41) is 13.8. The molecule has 7 nitrogen and oxygen atoms in total. The van der Waals surface area contributed by atoms with Crippen molar-refractivity contribution in [2.24, 2.45) is 10.3 Å². The number of anilines is 1. The van der Waals surface area contributed by atoms with Crippen molar-refractivity contribution in [1.29, 1.82) is 0 Å². The predicted molar refractivity (Wildman–Crippen MR) is 80.5 cm³/mol. The second kappa shape index (κ2) is 8.81. The van der Waals surface area contributed by atoms with Crippen molar-refractivity contribution in [2.75, 3.05) is 5.43 Å². The van der Waals surface area contributed by atoms with E-state index in [1.807, 2.05) is 60.7 Å². The zero-order valence-corrected chi connectivity index (χ0v) is 11.2. The lowest BCUT2D eigenvalue weighted by atomic mass is 10.3. The molecule has 0 bridgehead atoms. The second-order valence-electron chi connectivity index (χ2n) is 3.79. The maximum atomic E-state index is 3.97. The SMILES string of the molecule is c1ccc(N=NNNc2ccccc2)cc1.c1nc[nH]n1. The number of hydrogen-bond donors (Lipinski definition) is 3. The molecule has 3 rings (SSSR count). The van der Waals surface area contributed by atoms with Crippen molar-refractivity contribution in [3.05, 3.63) is 73.3 Å². The molecule has 0 atom stereocenters. The van der Waals surface area contributed by atoms with E-state index in [0.29, 0.717) is 0 Å². The van der Waals surface area contributed by atoms with E-state index in [0.717, 1.165) is 11.4 Å². The van der Waals surface area contributed by atoms with E-state index in [1.54, 1.807) is 0 Å². The van der Waals surface area contributed by atoms with Crippen LogP contribution in [0, 0.1) is 0 Å². The normalized spacial score (nSPS) is 9.71. The fourth-order valence-corrected chi connectivity index (χ4v) is 1.36. The minimum atomic E-state index is 0.810. The maximum Gasteiger partial charge on any atom is 0.137 e. The Morgan fingerprint density at radius 3 is 2.19 bits per heavy atom. The molecule has 7 heteroatoms. The monoisotopic (exact) mass is 281 g/mol. The number of aromatic nitrogens is 3. The number of benzene rings is 2. The van der Waals surface area contributed by atoms with Crippen molar-refractivity contribution in [3.8, 4) is 0 Å². The first-order valence-corrected chi connectivity index (χ1v) is 6.26. The number of para-hydroxylation sites is 1. The van der Waals surface area contributed by atoms with Gasteiger partial charge in [0.15, 0.2) is 0 Å². The molecular formula is C14H15N7. The van der Waals surface area contributed by atoms with Gasteiger partial charge in [-0.15, -0.1) is 5.11 Å². The third-order valence-electron chi connectivity index (χ3n) is 2.28. The van der Waals surface area contributed by atoms with E-state index in [-0.39, 0.29) is 0 Å². The lowest BCUT2D eigenvalue weighted by molar-refractivity contribution is 0.806. The number of rotatable bonds is 4. The van der Waals surface area contributed by atoms with Gasteiger partial charge in [0.2, 0.25) is 0 Å². The molecule has 2 aromatic carbocycles. The molecule has 0 fully saturated rings. The Morgan fingerprint density at radius 2 is 1.62 bits per heavy atom. The quantitative estimate of drug-likeness (QED) is 0.506. The molecule has 3 aromatic rings. The summed E-state index contributed by atoms with van der Waals surface area (Å²) in [6.07, 6.45) is 2.96. The standard InChI is InChI=1S/C12H12N4.C2H3N3/c1-3-7-11(8-4-1)13-15-16-14-12-9-5-2-6-10-12;1-3-2-5-4-1/h1-10H,(H,13,16)(H,14,15);1-2H,(H,3,4,5). The highest BCUT2D eigenvalue weighted by Gasteiger charge is 1.86. The van der Waals surface area contributed by atoms with Gasteiger partial charge in [0, 0.05) is 0 Å². The van der Waals surface area contributed by atoms with E-state index in [1.165, 1.54) is 12.7 Å². The zero-order valence-electron chi connectivity index (χ0n) is 11.2. The second-order valence-corrected chi connectivity index (χ2v) is 3.79. The zero-order chi connectivity index (χ0) is 14.6. The Bertz CT molecular complexity index is 591. The lowest BCUT2D eigenvalue weighted by Crippen LogP contribution is -2.13. The van der Waals surface area contributed by atoms with Gasteiger partial charge in [-0.2, -0.15) is 5.10 Å². The number of hydrazine groups is 1. The minimum Gasteiger partial charge on any atom is -0.284 e. The summed E-state index contributed by atoms with van der Waals surface area (Å²) in [5.74, 6) is 0. The molecule has 0 unspecified atom stereocenters. The van der Waals surface area contributed by atoms with E-state index < -0.39 is 0 Å². The van der Waals surface area contributed by atoms with Gasteiger partial charge in [-0.25, -0.2) is 10.5 Å². The van der Waals surface area contributed by atoms with Crippen molar-refractivity contribution in [1.82, 2.24) is 20.7 Å². The summed E-state index contributed by atoms with van der Waals surface area (Å²) in [6.45, 7) is 0. The lowest BCUT2D eigenvalue weighted by Gasteiger charge is -2.02. The fourth-order valence-electron chi connectivity index (χ4n) is 1.36. The largest absolute Gasteiger partial charge is 0.284 e. The Morgan fingerprint density at radius 1 is 0.905 bits per heavy atom. The average Bonchev–Trinajstić information content (AvgIpc) is 3.13. The van der Waals surface area contributed by atoms with Gasteiger partial charge >= 0.3 is 0 Å². The number of nitrogens with zero attached hydrogens (tertiary/aromatic N) is 4. The van der Waals surface area contributed by atoms with Crippen molar-refractivity contribution < 1.29 is 0 Å².